The van der Waals surface area contributed by atoms with Crippen LogP contribution in [0.25, 0.3) is 0 Å². The molecule has 0 saturated heterocycles. The molecule has 0 amide bonds. The van der Waals surface area contributed by atoms with E-state index in [4.69, 9.17) is 21.1 Å². The van der Waals surface area contributed by atoms with Gasteiger partial charge in [-0.15, -0.1) is 34.2 Å². The number of aliphatic imine (C=N–C) groups is 1. The van der Waals surface area contributed by atoms with E-state index in [-0.39, 0.29) is 30.1 Å². The molecule has 0 aliphatic rings. The fourth-order valence-corrected chi connectivity index (χ4v) is 2.72. The minimum atomic E-state index is -0.0436. The van der Waals surface area contributed by atoms with Gasteiger partial charge in [-0.25, -0.2) is 4.99 Å². The number of nitrogens with zero attached hydrogens (tertiary/aromatic N) is 4. The van der Waals surface area contributed by atoms with Gasteiger partial charge in [-0.1, -0.05) is 30.7 Å². The fraction of sp³-hybridized carbons (Fsp3) is 0.550. The van der Waals surface area contributed by atoms with Gasteiger partial charge >= 0.3 is 0 Å². The summed E-state index contributed by atoms with van der Waals surface area (Å²) in [6, 6.07) is 7.50. The zero-order valence-electron chi connectivity index (χ0n) is 18.0. The van der Waals surface area contributed by atoms with E-state index in [2.05, 4.69) is 32.7 Å². The second-order valence-electron chi connectivity index (χ2n) is 6.62. The van der Waals surface area contributed by atoms with Gasteiger partial charge in [0.1, 0.15) is 24.2 Å². The average Bonchev–Trinajstić information content (AvgIpc) is 3.05. The number of aryl methyl sites for hydroxylation is 1. The maximum atomic E-state index is 6.21. The Hall–Kier alpha value is -1.59. The first-order valence-corrected chi connectivity index (χ1v) is 10.2. The molecule has 0 bridgehead atoms. The van der Waals surface area contributed by atoms with Crippen molar-refractivity contribution in [2.75, 3.05) is 26.8 Å². The van der Waals surface area contributed by atoms with Crippen LogP contribution in [0.5, 0.6) is 5.75 Å². The minimum absolute atomic E-state index is 0. The molecule has 0 spiro atoms. The van der Waals surface area contributed by atoms with Gasteiger partial charge in [0.15, 0.2) is 11.8 Å². The molecular weight excluding hydrogens is 519 g/mol. The Balaban J connectivity index is 0.00000450. The molecule has 1 atom stereocenters. The zero-order chi connectivity index (χ0) is 21.1. The van der Waals surface area contributed by atoms with Crippen molar-refractivity contribution < 1.29 is 9.47 Å². The summed E-state index contributed by atoms with van der Waals surface area (Å²) in [4.78, 5) is 4.65. The number of halogens is 2. The molecule has 1 heterocycles. The Morgan fingerprint density at radius 3 is 2.67 bits per heavy atom. The van der Waals surface area contributed by atoms with Crippen LogP contribution in [0, 0.1) is 6.92 Å². The van der Waals surface area contributed by atoms with E-state index < -0.39 is 0 Å². The predicted molar refractivity (Wildman–Crippen MR) is 131 cm³/mol. The third-order valence-corrected chi connectivity index (χ3v) is 4.77. The molecule has 10 heteroatoms. The molecular formula is C20H32ClIN6O2. The Morgan fingerprint density at radius 1 is 1.27 bits per heavy atom. The molecule has 30 heavy (non-hydrogen) atoms. The summed E-state index contributed by atoms with van der Waals surface area (Å²) in [5, 5.41) is 15.5. The minimum Gasteiger partial charge on any atom is -0.487 e. The number of nitrogens with one attached hydrogen (secondary N) is 2. The largest absolute Gasteiger partial charge is 0.487 e. The van der Waals surface area contributed by atoms with Crippen LogP contribution in [0.3, 0.4) is 0 Å². The first kappa shape index (κ1) is 26.4. The summed E-state index contributed by atoms with van der Waals surface area (Å²) < 4.78 is 13.1. The smallest absolute Gasteiger partial charge is 0.191 e. The highest BCUT2D eigenvalue weighted by molar-refractivity contribution is 14.0. The van der Waals surface area contributed by atoms with Crippen molar-refractivity contribution in [3.05, 3.63) is 40.9 Å². The number of aromatic nitrogens is 3. The summed E-state index contributed by atoms with van der Waals surface area (Å²) in [5.74, 6) is 3.05. The standard InChI is InChI=1S/C20H31ClN6O2.HI/c1-5-16(29-18-10-7-6-9-17(18)21)13-23-20(22-11-8-12-28-4)24-14-19-26-25-15(2)27(19)3;/h6-7,9-10,16H,5,8,11-14H2,1-4H3,(H2,22,23,24);1H. The number of ether oxygens (including phenoxy) is 2. The van der Waals surface area contributed by atoms with Crippen LogP contribution in [0.1, 0.15) is 31.4 Å². The number of guanidine groups is 1. The van der Waals surface area contributed by atoms with Crippen LogP contribution >= 0.6 is 35.6 Å². The monoisotopic (exact) mass is 550 g/mol. The van der Waals surface area contributed by atoms with Crippen LogP contribution in [-0.4, -0.2) is 53.6 Å². The van der Waals surface area contributed by atoms with Crippen molar-refractivity contribution in [3.8, 4) is 5.75 Å². The third kappa shape index (κ3) is 8.65. The Kier molecular flexibility index (Phi) is 12.7. The predicted octanol–water partition coefficient (Wildman–Crippen LogP) is 3.32. The summed E-state index contributed by atoms with van der Waals surface area (Å²) in [7, 11) is 3.63. The van der Waals surface area contributed by atoms with Gasteiger partial charge in [-0.05, 0) is 31.9 Å². The van der Waals surface area contributed by atoms with Crippen molar-refractivity contribution in [1.82, 2.24) is 25.4 Å². The number of para-hydroxylation sites is 1. The highest BCUT2D eigenvalue weighted by atomic mass is 127. The van der Waals surface area contributed by atoms with Crippen LogP contribution in [0.2, 0.25) is 5.02 Å². The lowest BCUT2D eigenvalue weighted by atomic mass is 10.2. The van der Waals surface area contributed by atoms with Gasteiger partial charge in [0.25, 0.3) is 0 Å². The topological polar surface area (TPSA) is 85.6 Å². The Morgan fingerprint density at radius 2 is 2.03 bits per heavy atom. The second-order valence-corrected chi connectivity index (χ2v) is 7.03. The number of rotatable bonds is 11. The van der Waals surface area contributed by atoms with E-state index in [1.165, 1.54) is 0 Å². The van der Waals surface area contributed by atoms with Gasteiger partial charge < -0.3 is 24.7 Å². The first-order chi connectivity index (χ1) is 14.0. The molecule has 0 radical (unpaired) electrons. The number of hydrogen-bond donors (Lipinski definition) is 2. The highest BCUT2D eigenvalue weighted by Crippen LogP contribution is 2.24. The zero-order valence-corrected chi connectivity index (χ0v) is 21.1. The van der Waals surface area contributed by atoms with Crippen LogP contribution in [-0.2, 0) is 18.3 Å². The van der Waals surface area contributed by atoms with E-state index in [1.807, 2.05) is 42.8 Å². The van der Waals surface area contributed by atoms with Crippen LogP contribution in [0.15, 0.2) is 29.3 Å². The van der Waals surface area contributed by atoms with Crippen LogP contribution < -0.4 is 15.4 Å². The lowest BCUT2D eigenvalue weighted by Crippen LogP contribution is -2.43. The van der Waals surface area contributed by atoms with E-state index in [0.29, 0.717) is 36.4 Å². The first-order valence-electron chi connectivity index (χ1n) is 9.82. The molecule has 1 unspecified atom stereocenters. The molecule has 168 valence electrons. The van der Waals surface area contributed by atoms with Crippen LogP contribution in [0.4, 0.5) is 0 Å². The van der Waals surface area contributed by atoms with Gasteiger partial charge in [0.05, 0.1) is 11.6 Å². The summed E-state index contributed by atoms with van der Waals surface area (Å²) >= 11 is 6.21. The van der Waals surface area contributed by atoms with E-state index in [0.717, 1.165) is 31.0 Å². The summed E-state index contributed by atoms with van der Waals surface area (Å²) in [6.45, 7) is 6.46. The number of benzene rings is 1. The molecule has 0 fully saturated rings. The number of methoxy groups -OCH3 is 1. The maximum Gasteiger partial charge on any atom is 0.191 e. The molecule has 2 rings (SSSR count). The third-order valence-electron chi connectivity index (χ3n) is 4.46. The highest BCUT2D eigenvalue weighted by Gasteiger charge is 2.12. The van der Waals surface area contributed by atoms with Gasteiger partial charge in [-0.3, -0.25) is 0 Å². The maximum absolute atomic E-state index is 6.21. The SMILES string of the molecule is CCC(CNC(=NCc1nnc(C)n1C)NCCCOC)Oc1ccccc1Cl.I. The Labute approximate surface area is 200 Å². The molecule has 2 N–H and O–H groups in total. The molecule has 8 nitrogen and oxygen atoms in total. The van der Waals surface area contributed by atoms with Gasteiger partial charge in [0.2, 0.25) is 0 Å². The second kappa shape index (κ2) is 14.4. The molecule has 2 aromatic rings. The molecule has 1 aromatic carbocycles. The molecule has 1 aromatic heterocycles. The normalized spacial score (nSPS) is 12.2. The van der Waals surface area contributed by atoms with Crippen molar-refractivity contribution >= 4 is 41.5 Å². The van der Waals surface area contributed by atoms with Crippen molar-refractivity contribution in [3.63, 3.8) is 0 Å². The average molecular weight is 551 g/mol. The van der Waals surface area contributed by atoms with Crippen molar-refractivity contribution in [2.24, 2.45) is 12.0 Å². The van der Waals surface area contributed by atoms with Gasteiger partial charge in [-0.2, -0.15) is 0 Å². The van der Waals surface area contributed by atoms with Crippen molar-refractivity contribution in [1.29, 1.82) is 0 Å². The van der Waals surface area contributed by atoms with E-state index in [1.54, 1.807) is 7.11 Å². The quantitative estimate of drug-likeness (QED) is 0.193. The summed E-state index contributed by atoms with van der Waals surface area (Å²) in [6.07, 6.45) is 1.67. The lowest BCUT2D eigenvalue weighted by molar-refractivity contribution is 0.194. The van der Waals surface area contributed by atoms with Gasteiger partial charge in [0, 0.05) is 27.3 Å². The fourth-order valence-electron chi connectivity index (χ4n) is 2.54. The molecule has 0 aliphatic carbocycles. The summed E-state index contributed by atoms with van der Waals surface area (Å²) in [5.41, 5.74) is 0. The molecule has 0 aliphatic heterocycles. The number of hydrogen-bond acceptors (Lipinski definition) is 5. The van der Waals surface area contributed by atoms with E-state index >= 15 is 0 Å². The molecule has 0 saturated carbocycles. The van der Waals surface area contributed by atoms with Crippen molar-refractivity contribution in [2.45, 2.75) is 39.3 Å². The lowest BCUT2D eigenvalue weighted by Gasteiger charge is -2.20. The van der Waals surface area contributed by atoms with E-state index in [9.17, 15) is 0 Å². The Bertz CT molecular complexity index is 786.